The quantitative estimate of drug-likeness (QED) is 0.419. The summed E-state index contributed by atoms with van der Waals surface area (Å²) in [4.78, 5) is 32.1. The molecule has 0 aliphatic carbocycles. The highest BCUT2D eigenvalue weighted by Crippen LogP contribution is 2.42. The third kappa shape index (κ3) is 4.03. The van der Waals surface area contributed by atoms with Gasteiger partial charge in [0, 0.05) is 52.3 Å². The fraction of sp³-hybridized carbons (Fsp3) is 0.192. The third-order valence-corrected chi connectivity index (χ3v) is 7.11. The van der Waals surface area contributed by atoms with Crippen LogP contribution >= 0.6 is 11.6 Å². The van der Waals surface area contributed by atoms with Gasteiger partial charge < -0.3 is 15.5 Å². The van der Waals surface area contributed by atoms with Crippen molar-refractivity contribution >= 4 is 34.9 Å². The van der Waals surface area contributed by atoms with Crippen molar-refractivity contribution in [2.75, 3.05) is 18.4 Å². The second kappa shape index (κ2) is 8.87. The normalized spacial score (nSPS) is 18.5. The van der Waals surface area contributed by atoms with Gasteiger partial charge in [0.25, 0.3) is 5.91 Å². The van der Waals surface area contributed by atoms with E-state index in [1.165, 1.54) is 24.5 Å². The lowest BCUT2D eigenvalue weighted by Gasteiger charge is -2.21. The Kier molecular flexibility index (Phi) is 5.50. The number of nitrogens with one attached hydrogen (secondary N) is 2. The lowest BCUT2D eigenvalue weighted by atomic mass is 9.93. The Morgan fingerprint density at radius 2 is 2.08 bits per heavy atom. The Labute approximate surface area is 215 Å². The topological polar surface area (TPSA) is 115 Å². The molecule has 184 valence electrons. The van der Waals surface area contributed by atoms with Crippen LogP contribution in [0.3, 0.4) is 0 Å². The standard InChI is InChI=1S/C26H19ClFN7O2/c27-20-3-2-17(28)9-18(20)24-23-19(25(36)33-24)7-16(15-1-4-22-30-13-31-35(22)12-15)8-21(23)32-26(37)34-6-5-14(10-29)11-34/h1-4,7-9,12-14,24H,5-6,11H2,(H,32,37)(H,33,36)/t14-,24?/m0/s1. The van der Waals surface area contributed by atoms with Gasteiger partial charge in [0.1, 0.15) is 12.1 Å². The van der Waals surface area contributed by atoms with Crippen molar-refractivity contribution in [1.82, 2.24) is 24.8 Å². The number of benzene rings is 2. The molecule has 6 rings (SSSR count). The molecule has 4 heterocycles. The van der Waals surface area contributed by atoms with Crippen LogP contribution in [0.25, 0.3) is 16.8 Å². The van der Waals surface area contributed by atoms with E-state index >= 15 is 0 Å². The molecule has 0 bridgehead atoms. The van der Waals surface area contributed by atoms with Gasteiger partial charge in [-0.25, -0.2) is 18.7 Å². The Hall–Kier alpha value is -4.49. The zero-order valence-electron chi connectivity index (χ0n) is 19.3. The summed E-state index contributed by atoms with van der Waals surface area (Å²) in [5, 5.41) is 19.5. The molecule has 2 aromatic heterocycles. The number of aromatic nitrogens is 3. The van der Waals surface area contributed by atoms with E-state index in [0.29, 0.717) is 53.1 Å². The number of rotatable bonds is 3. The number of urea groups is 1. The SMILES string of the molecule is N#C[C@@H]1CCN(C(=O)Nc2cc(-c3ccc4ncnn4c3)cc3c2C(c2cc(F)ccc2Cl)NC3=O)C1. The molecular weight excluding hydrogens is 497 g/mol. The van der Waals surface area contributed by atoms with E-state index < -0.39 is 11.9 Å². The first-order chi connectivity index (χ1) is 17.9. The van der Waals surface area contributed by atoms with Crippen LogP contribution in [0, 0.1) is 23.1 Å². The summed E-state index contributed by atoms with van der Waals surface area (Å²) in [6, 6.07) is 12.2. The van der Waals surface area contributed by atoms with Crippen LogP contribution in [0.2, 0.25) is 5.02 Å². The minimum atomic E-state index is -0.765. The van der Waals surface area contributed by atoms with Crippen LogP contribution in [-0.4, -0.2) is 44.5 Å². The maximum atomic E-state index is 14.2. The van der Waals surface area contributed by atoms with Crippen molar-refractivity contribution in [3.05, 3.63) is 82.5 Å². The second-order valence-corrected chi connectivity index (χ2v) is 9.44. The maximum absolute atomic E-state index is 14.2. The minimum Gasteiger partial charge on any atom is -0.341 e. The van der Waals surface area contributed by atoms with Crippen molar-refractivity contribution in [2.45, 2.75) is 12.5 Å². The molecule has 2 aromatic carbocycles. The number of halogens is 2. The Balaban J connectivity index is 1.47. The van der Waals surface area contributed by atoms with Crippen molar-refractivity contribution in [1.29, 1.82) is 5.26 Å². The summed E-state index contributed by atoms with van der Waals surface area (Å²) in [7, 11) is 0. The monoisotopic (exact) mass is 515 g/mol. The predicted molar refractivity (Wildman–Crippen MR) is 133 cm³/mol. The number of amides is 3. The largest absolute Gasteiger partial charge is 0.341 e. The molecule has 37 heavy (non-hydrogen) atoms. The third-order valence-electron chi connectivity index (χ3n) is 6.76. The molecule has 2 aliphatic rings. The summed E-state index contributed by atoms with van der Waals surface area (Å²) >= 11 is 6.40. The number of hydrogen-bond acceptors (Lipinski definition) is 5. The van der Waals surface area contributed by atoms with Gasteiger partial charge >= 0.3 is 6.03 Å². The van der Waals surface area contributed by atoms with Gasteiger partial charge in [-0.15, -0.1) is 0 Å². The molecule has 9 nitrogen and oxygen atoms in total. The highest BCUT2D eigenvalue weighted by atomic mass is 35.5. The molecule has 0 radical (unpaired) electrons. The molecule has 11 heteroatoms. The number of likely N-dealkylation sites (tertiary alicyclic amines) is 1. The molecule has 3 amide bonds. The van der Waals surface area contributed by atoms with Gasteiger partial charge in [0.15, 0.2) is 5.65 Å². The second-order valence-electron chi connectivity index (χ2n) is 9.03. The number of anilines is 1. The van der Waals surface area contributed by atoms with Gasteiger partial charge in [-0.1, -0.05) is 11.6 Å². The van der Waals surface area contributed by atoms with Crippen LogP contribution in [0.5, 0.6) is 0 Å². The molecule has 1 unspecified atom stereocenters. The first-order valence-corrected chi connectivity index (χ1v) is 12.0. The maximum Gasteiger partial charge on any atom is 0.321 e. The van der Waals surface area contributed by atoms with Gasteiger partial charge in [0.2, 0.25) is 0 Å². The fourth-order valence-electron chi connectivity index (χ4n) is 4.90. The minimum absolute atomic E-state index is 0.223. The number of nitrogens with zero attached hydrogens (tertiary/aromatic N) is 5. The summed E-state index contributed by atoms with van der Waals surface area (Å²) in [6.45, 7) is 0.773. The lowest BCUT2D eigenvalue weighted by Crippen LogP contribution is -2.33. The first-order valence-electron chi connectivity index (χ1n) is 11.6. The van der Waals surface area contributed by atoms with Crippen LogP contribution in [0.4, 0.5) is 14.9 Å². The van der Waals surface area contributed by atoms with E-state index in [1.807, 2.05) is 6.07 Å². The smallest absolute Gasteiger partial charge is 0.321 e. The van der Waals surface area contributed by atoms with E-state index in [0.717, 1.165) is 5.56 Å². The van der Waals surface area contributed by atoms with Crippen molar-refractivity contribution in [3.8, 4) is 17.2 Å². The fourth-order valence-corrected chi connectivity index (χ4v) is 5.13. The Morgan fingerprint density at radius 3 is 2.89 bits per heavy atom. The molecular formula is C26H19ClFN7O2. The van der Waals surface area contributed by atoms with Crippen molar-refractivity contribution in [3.63, 3.8) is 0 Å². The van der Waals surface area contributed by atoms with E-state index in [4.69, 9.17) is 11.6 Å². The van der Waals surface area contributed by atoms with Crippen LogP contribution in [-0.2, 0) is 0 Å². The van der Waals surface area contributed by atoms with E-state index in [2.05, 4.69) is 26.8 Å². The van der Waals surface area contributed by atoms with E-state index in [9.17, 15) is 19.2 Å². The molecule has 4 aromatic rings. The van der Waals surface area contributed by atoms with E-state index in [1.54, 1.807) is 33.8 Å². The van der Waals surface area contributed by atoms with Crippen LogP contribution in [0.1, 0.15) is 33.9 Å². The Bertz CT molecular complexity index is 1630. The van der Waals surface area contributed by atoms with Gasteiger partial charge in [-0.2, -0.15) is 10.4 Å². The van der Waals surface area contributed by atoms with Crippen molar-refractivity contribution < 1.29 is 14.0 Å². The van der Waals surface area contributed by atoms with E-state index in [-0.39, 0.29) is 22.9 Å². The lowest BCUT2D eigenvalue weighted by molar-refractivity contribution is 0.0960. The van der Waals surface area contributed by atoms with Crippen LogP contribution < -0.4 is 10.6 Å². The molecule has 2 atom stereocenters. The summed E-state index contributed by atoms with van der Waals surface area (Å²) in [5.74, 6) is -1.09. The summed E-state index contributed by atoms with van der Waals surface area (Å²) in [6.07, 6.45) is 3.82. The van der Waals surface area contributed by atoms with Crippen molar-refractivity contribution in [2.24, 2.45) is 5.92 Å². The average molecular weight is 516 g/mol. The van der Waals surface area contributed by atoms with Crippen LogP contribution in [0.15, 0.2) is 55.0 Å². The molecule has 1 saturated heterocycles. The highest BCUT2D eigenvalue weighted by molar-refractivity contribution is 6.31. The molecule has 1 fully saturated rings. The molecule has 0 saturated carbocycles. The molecule has 2 N–H and O–H groups in total. The average Bonchev–Trinajstić information content (AvgIpc) is 3.64. The highest BCUT2D eigenvalue weighted by Gasteiger charge is 2.36. The summed E-state index contributed by atoms with van der Waals surface area (Å²) < 4.78 is 15.8. The zero-order valence-corrected chi connectivity index (χ0v) is 20.0. The van der Waals surface area contributed by atoms with Gasteiger partial charge in [-0.3, -0.25) is 4.79 Å². The zero-order chi connectivity index (χ0) is 25.7. The predicted octanol–water partition coefficient (Wildman–Crippen LogP) is 4.40. The number of fused-ring (bicyclic) bond motifs is 2. The number of pyridine rings is 1. The van der Waals surface area contributed by atoms with Gasteiger partial charge in [0.05, 0.1) is 18.0 Å². The first kappa shape index (κ1) is 22.9. The Morgan fingerprint density at radius 1 is 1.22 bits per heavy atom. The summed E-state index contributed by atoms with van der Waals surface area (Å²) in [5.41, 5.74) is 3.69. The number of carbonyl (C=O) groups is 2. The number of hydrogen-bond donors (Lipinski definition) is 2. The molecule has 2 aliphatic heterocycles. The van der Waals surface area contributed by atoms with Gasteiger partial charge in [-0.05, 0) is 54.4 Å². The number of nitriles is 1. The molecule has 0 spiro atoms. The number of carbonyl (C=O) groups excluding carboxylic acids is 2.